The number of piperidine rings is 1. The Balaban J connectivity index is 1.80. The maximum absolute atomic E-state index is 12.9. The molecule has 2 aromatic rings. The minimum absolute atomic E-state index is 0.123. The second kappa shape index (κ2) is 8.03. The fourth-order valence-electron chi connectivity index (χ4n) is 3.82. The molecule has 0 spiro atoms. The minimum Gasteiger partial charge on any atom is -0.342 e. The SMILES string of the molecule is Cc1ccc(-n2nc(C)c(CC(=O)N3CCC[C@@H]([C@@H](C)N)C3)c2C)cc1Cl. The number of carbonyl (C=O) groups excluding carboxylic acids is 1. The first-order valence-corrected chi connectivity index (χ1v) is 10.0. The summed E-state index contributed by atoms with van der Waals surface area (Å²) in [7, 11) is 0. The smallest absolute Gasteiger partial charge is 0.227 e. The van der Waals surface area contributed by atoms with E-state index in [0.29, 0.717) is 17.4 Å². The molecule has 146 valence electrons. The number of nitrogens with zero attached hydrogens (tertiary/aromatic N) is 3. The lowest BCUT2D eigenvalue weighted by Crippen LogP contribution is -2.45. The molecule has 1 aromatic carbocycles. The summed E-state index contributed by atoms with van der Waals surface area (Å²) < 4.78 is 1.88. The van der Waals surface area contributed by atoms with Gasteiger partial charge in [0.15, 0.2) is 0 Å². The number of rotatable bonds is 4. The van der Waals surface area contributed by atoms with Crippen LogP contribution < -0.4 is 5.73 Å². The van der Waals surface area contributed by atoms with E-state index in [1.165, 1.54) is 0 Å². The lowest BCUT2D eigenvalue weighted by atomic mass is 9.92. The number of aromatic nitrogens is 2. The molecular formula is C21H29ClN4O. The fraction of sp³-hybridized carbons (Fsp3) is 0.524. The highest BCUT2D eigenvalue weighted by atomic mass is 35.5. The van der Waals surface area contributed by atoms with Crippen molar-refractivity contribution in [2.75, 3.05) is 13.1 Å². The van der Waals surface area contributed by atoms with Gasteiger partial charge in [-0.05, 0) is 64.2 Å². The molecule has 0 saturated carbocycles. The van der Waals surface area contributed by atoms with E-state index in [0.717, 1.165) is 54.1 Å². The molecule has 1 aromatic heterocycles. The van der Waals surface area contributed by atoms with E-state index in [4.69, 9.17) is 17.3 Å². The molecule has 1 fully saturated rings. The zero-order chi connectivity index (χ0) is 19.7. The molecule has 27 heavy (non-hydrogen) atoms. The lowest BCUT2D eigenvalue weighted by Gasteiger charge is -2.34. The van der Waals surface area contributed by atoms with Gasteiger partial charge in [0.25, 0.3) is 0 Å². The van der Waals surface area contributed by atoms with Crippen LogP contribution in [0.5, 0.6) is 0 Å². The molecule has 1 aliphatic heterocycles. The molecule has 2 atom stereocenters. The zero-order valence-electron chi connectivity index (χ0n) is 16.6. The molecule has 1 saturated heterocycles. The first-order chi connectivity index (χ1) is 12.8. The highest BCUT2D eigenvalue weighted by Gasteiger charge is 2.27. The van der Waals surface area contributed by atoms with E-state index in [2.05, 4.69) is 5.10 Å². The molecular weight excluding hydrogens is 360 g/mol. The Hall–Kier alpha value is -1.85. The predicted octanol–water partition coefficient (Wildman–Crippen LogP) is 3.58. The molecule has 0 aliphatic carbocycles. The fourth-order valence-corrected chi connectivity index (χ4v) is 4.00. The van der Waals surface area contributed by atoms with Gasteiger partial charge < -0.3 is 10.6 Å². The van der Waals surface area contributed by atoms with Crippen LogP contribution in [0.3, 0.4) is 0 Å². The Labute approximate surface area is 166 Å². The van der Waals surface area contributed by atoms with Gasteiger partial charge in [-0.15, -0.1) is 0 Å². The van der Waals surface area contributed by atoms with Gasteiger partial charge >= 0.3 is 0 Å². The van der Waals surface area contributed by atoms with Crippen LogP contribution in [0.1, 0.15) is 42.3 Å². The Morgan fingerprint density at radius 3 is 2.78 bits per heavy atom. The Morgan fingerprint density at radius 2 is 2.11 bits per heavy atom. The van der Waals surface area contributed by atoms with Crippen molar-refractivity contribution in [2.24, 2.45) is 11.7 Å². The van der Waals surface area contributed by atoms with E-state index in [9.17, 15) is 4.79 Å². The molecule has 0 unspecified atom stereocenters. The molecule has 2 N–H and O–H groups in total. The van der Waals surface area contributed by atoms with Crippen LogP contribution in [0.4, 0.5) is 0 Å². The number of carbonyl (C=O) groups is 1. The van der Waals surface area contributed by atoms with Crippen LogP contribution in [-0.4, -0.2) is 39.7 Å². The van der Waals surface area contributed by atoms with Crippen molar-refractivity contribution in [3.8, 4) is 5.69 Å². The number of nitrogens with two attached hydrogens (primary N) is 1. The average Bonchev–Trinajstić information content (AvgIpc) is 2.92. The summed E-state index contributed by atoms with van der Waals surface area (Å²) in [4.78, 5) is 14.9. The first-order valence-electron chi connectivity index (χ1n) is 9.63. The second-order valence-electron chi connectivity index (χ2n) is 7.77. The van der Waals surface area contributed by atoms with Crippen molar-refractivity contribution >= 4 is 17.5 Å². The van der Waals surface area contributed by atoms with E-state index < -0.39 is 0 Å². The Bertz CT molecular complexity index is 843. The molecule has 1 amide bonds. The Morgan fingerprint density at radius 1 is 1.37 bits per heavy atom. The first kappa shape index (κ1) is 19.9. The van der Waals surface area contributed by atoms with Crippen LogP contribution in [0.2, 0.25) is 5.02 Å². The van der Waals surface area contributed by atoms with Gasteiger partial charge in [0.1, 0.15) is 0 Å². The van der Waals surface area contributed by atoms with Gasteiger partial charge in [-0.1, -0.05) is 17.7 Å². The maximum atomic E-state index is 12.9. The van der Waals surface area contributed by atoms with Gasteiger partial charge in [-0.25, -0.2) is 4.68 Å². The largest absolute Gasteiger partial charge is 0.342 e. The van der Waals surface area contributed by atoms with Gasteiger partial charge in [0, 0.05) is 35.4 Å². The van der Waals surface area contributed by atoms with Crippen LogP contribution >= 0.6 is 11.6 Å². The van der Waals surface area contributed by atoms with Crippen LogP contribution in [0.25, 0.3) is 5.69 Å². The topological polar surface area (TPSA) is 64.2 Å². The van der Waals surface area contributed by atoms with Crippen molar-refractivity contribution in [1.82, 2.24) is 14.7 Å². The summed E-state index contributed by atoms with van der Waals surface area (Å²) in [6.45, 7) is 9.56. The Kier molecular flexibility index (Phi) is 5.92. The predicted molar refractivity (Wildman–Crippen MR) is 109 cm³/mol. The van der Waals surface area contributed by atoms with Crippen molar-refractivity contribution < 1.29 is 4.79 Å². The summed E-state index contributed by atoms with van der Waals surface area (Å²) >= 11 is 6.28. The third kappa shape index (κ3) is 4.19. The highest BCUT2D eigenvalue weighted by Crippen LogP contribution is 2.24. The lowest BCUT2D eigenvalue weighted by molar-refractivity contribution is -0.132. The van der Waals surface area contributed by atoms with Gasteiger partial charge in [-0.2, -0.15) is 5.10 Å². The highest BCUT2D eigenvalue weighted by molar-refractivity contribution is 6.31. The monoisotopic (exact) mass is 388 g/mol. The number of benzene rings is 1. The maximum Gasteiger partial charge on any atom is 0.227 e. The minimum atomic E-state index is 0.123. The summed E-state index contributed by atoms with van der Waals surface area (Å²) in [6, 6.07) is 6.03. The average molecular weight is 389 g/mol. The van der Waals surface area contributed by atoms with E-state index in [-0.39, 0.29) is 11.9 Å². The summed E-state index contributed by atoms with van der Waals surface area (Å²) in [5, 5.41) is 5.38. The van der Waals surface area contributed by atoms with Crippen LogP contribution in [0, 0.1) is 26.7 Å². The van der Waals surface area contributed by atoms with Gasteiger partial charge in [0.05, 0.1) is 17.8 Å². The number of halogens is 1. The number of likely N-dealkylation sites (tertiary alicyclic amines) is 1. The van der Waals surface area contributed by atoms with Crippen LogP contribution in [-0.2, 0) is 11.2 Å². The third-order valence-electron chi connectivity index (χ3n) is 5.72. The van der Waals surface area contributed by atoms with Crippen molar-refractivity contribution in [2.45, 2.75) is 53.0 Å². The van der Waals surface area contributed by atoms with Crippen molar-refractivity contribution in [3.63, 3.8) is 0 Å². The summed E-state index contributed by atoms with van der Waals surface area (Å²) in [5.41, 5.74) is 10.9. The van der Waals surface area contributed by atoms with Gasteiger partial charge in [-0.3, -0.25) is 4.79 Å². The number of hydrogen-bond acceptors (Lipinski definition) is 3. The molecule has 0 bridgehead atoms. The number of amides is 1. The van der Waals surface area contributed by atoms with E-state index >= 15 is 0 Å². The molecule has 0 radical (unpaired) electrons. The van der Waals surface area contributed by atoms with Gasteiger partial charge in [0.2, 0.25) is 5.91 Å². The number of aryl methyl sites for hydroxylation is 2. The second-order valence-corrected chi connectivity index (χ2v) is 8.18. The molecule has 6 heteroatoms. The third-order valence-corrected chi connectivity index (χ3v) is 6.13. The quantitative estimate of drug-likeness (QED) is 0.870. The molecule has 2 heterocycles. The van der Waals surface area contributed by atoms with E-state index in [1.807, 2.05) is 55.5 Å². The van der Waals surface area contributed by atoms with Crippen molar-refractivity contribution in [3.05, 3.63) is 45.7 Å². The summed E-state index contributed by atoms with van der Waals surface area (Å²) in [6.07, 6.45) is 2.51. The van der Waals surface area contributed by atoms with Crippen molar-refractivity contribution in [1.29, 1.82) is 0 Å². The number of hydrogen-bond donors (Lipinski definition) is 1. The van der Waals surface area contributed by atoms with Crippen LogP contribution in [0.15, 0.2) is 18.2 Å². The van der Waals surface area contributed by atoms with E-state index in [1.54, 1.807) is 0 Å². The zero-order valence-corrected chi connectivity index (χ0v) is 17.4. The molecule has 5 nitrogen and oxygen atoms in total. The summed E-state index contributed by atoms with van der Waals surface area (Å²) in [5.74, 6) is 0.551. The normalized spacial score (nSPS) is 18.6. The molecule has 1 aliphatic rings. The molecule has 3 rings (SSSR count). The standard InChI is InChI=1S/C21H29ClN4O/c1-13-7-8-18(10-20(13)22)26-16(4)19(15(3)24-26)11-21(27)25-9-5-6-17(12-25)14(2)23/h7-8,10,14,17H,5-6,9,11-12,23H2,1-4H3/t14-,17-/m1/s1.